The first kappa shape index (κ1) is 20.3. The third-order valence-electron chi connectivity index (χ3n) is 4.17. The van der Waals surface area contributed by atoms with E-state index >= 15 is 0 Å². The van der Waals surface area contributed by atoms with Gasteiger partial charge in [-0.3, -0.25) is 0 Å². The van der Waals surface area contributed by atoms with Crippen LogP contribution in [0.5, 0.6) is 17.2 Å². The van der Waals surface area contributed by atoms with Gasteiger partial charge in [-0.05, 0) is 29.8 Å². The van der Waals surface area contributed by atoms with E-state index in [0.29, 0.717) is 28.6 Å². The van der Waals surface area contributed by atoms with Gasteiger partial charge in [0, 0.05) is 32.4 Å². The van der Waals surface area contributed by atoms with Gasteiger partial charge in [-0.15, -0.1) is 0 Å². The number of hydrogen-bond acceptors (Lipinski definition) is 7. The Balaban J connectivity index is 2.60. The van der Waals surface area contributed by atoms with E-state index in [1.54, 1.807) is 28.4 Å². The van der Waals surface area contributed by atoms with Crippen LogP contribution in [-0.4, -0.2) is 42.5 Å². The maximum Gasteiger partial charge on any atom is 0.203 e. The standard InChI is InChI=1S/C20H28N4O3/c1-22-23-19(18(21)13-7-9-15(10-8-13)24(2)3)14-11-16(25-4)20(27-6)17(12-14)26-5/h7-12,22-23H,21H2,1-6H3/b19-18-. The summed E-state index contributed by atoms with van der Waals surface area (Å²) < 4.78 is 16.3. The van der Waals surface area contributed by atoms with Gasteiger partial charge in [0.1, 0.15) is 0 Å². The van der Waals surface area contributed by atoms with Gasteiger partial charge in [-0.25, -0.2) is 5.43 Å². The Morgan fingerprint density at radius 3 is 1.85 bits per heavy atom. The summed E-state index contributed by atoms with van der Waals surface area (Å²) >= 11 is 0. The molecule has 0 spiro atoms. The molecule has 4 N–H and O–H groups in total. The molecular formula is C20H28N4O3. The number of methoxy groups -OCH3 is 3. The van der Waals surface area contributed by atoms with Crippen LogP contribution in [-0.2, 0) is 0 Å². The Morgan fingerprint density at radius 2 is 1.44 bits per heavy atom. The Hall–Kier alpha value is -3.06. The number of nitrogens with one attached hydrogen (secondary N) is 2. The van der Waals surface area contributed by atoms with Crippen molar-refractivity contribution >= 4 is 17.1 Å². The number of nitrogens with zero attached hydrogens (tertiary/aromatic N) is 1. The molecule has 0 heterocycles. The number of benzene rings is 2. The van der Waals surface area contributed by atoms with Gasteiger partial charge < -0.3 is 30.3 Å². The van der Waals surface area contributed by atoms with E-state index in [2.05, 4.69) is 10.9 Å². The SMILES string of the molecule is CNN/C(=C(\N)c1ccc(N(C)C)cc1)c1cc(OC)c(OC)c(OC)c1. The highest BCUT2D eigenvalue weighted by molar-refractivity contribution is 5.89. The molecule has 0 saturated heterocycles. The summed E-state index contributed by atoms with van der Waals surface area (Å²) in [6.45, 7) is 0. The van der Waals surface area contributed by atoms with E-state index in [1.165, 1.54) is 0 Å². The van der Waals surface area contributed by atoms with Gasteiger partial charge in [0.15, 0.2) is 11.5 Å². The summed E-state index contributed by atoms with van der Waals surface area (Å²) in [7, 11) is 10.5. The molecule has 0 bridgehead atoms. The first-order valence-electron chi connectivity index (χ1n) is 8.47. The van der Waals surface area contributed by atoms with Crippen molar-refractivity contribution in [2.45, 2.75) is 0 Å². The zero-order valence-electron chi connectivity index (χ0n) is 16.7. The van der Waals surface area contributed by atoms with Gasteiger partial charge in [0.05, 0.1) is 32.7 Å². The van der Waals surface area contributed by atoms with Gasteiger partial charge in [-0.2, -0.15) is 0 Å². The summed E-state index contributed by atoms with van der Waals surface area (Å²) in [6, 6.07) is 11.7. The smallest absolute Gasteiger partial charge is 0.203 e. The molecule has 0 atom stereocenters. The largest absolute Gasteiger partial charge is 0.493 e. The number of nitrogens with two attached hydrogens (primary N) is 1. The molecule has 0 aliphatic heterocycles. The number of hydrazine groups is 1. The Labute approximate surface area is 160 Å². The normalized spacial score (nSPS) is 11.5. The maximum atomic E-state index is 6.49. The highest BCUT2D eigenvalue weighted by Crippen LogP contribution is 2.40. The minimum Gasteiger partial charge on any atom is -0.493 e. The summed E-state index contributed by atoms with van der Waals surface area (Å²) in [5.41, 5.74) is 16.6. The molecule has 146 valence electrons. The first-order chi connectivity index (χ1) is 13.0. The van der Waals surface area contributed by atoms with E-state index in [9.17, 15) is 0 Å². The molecule has 0 aromatic heterocycles. The Bertz CT molecular complexity index is 776. The van der Waals surface area contributed by atoms with Crippen LogP contribution in [0.2, 0.25) is 0 Å². The zero-order chi connectivity index (χ0) is 20.0. The summed E-state index contributed by atoms with van der Waals surface area (Å²) in [4.78, 5) is 2.04. The van der Waals surface area contributed by atoms with Crippen LogP contribution in [0.15, 0.2) is 36.4 Å². The van der Waals surface area contributed by atoms with Gasteiger partial charge in [0.2, 0.25) is 5.75 Å². The van der Waals surface area contributed by atoms with Gasteiger partial charge in [0.25, 0.3) is 0 Å². The highest BCUT2D eigenvalue weighted by Gasteiger charge is 2.17. The van der Waals surface area contributed by atoms with Gasteiger partial charge >= 0.3 is 0 Å². The van der Waals surface area contributed by atoms with E-state index in [0.717, 1.165) is 16.8 Å². The molecular weight excluding hydrogens is 344 g/mol. The molecule has 0 unspecified atom stereocenters. The van der Waals surface area contributed by atoms with Crippen molar-refractivity contribution in [2.24, 2.45) is 5.73 Å². The molecule has 0 fully saturated rings. The molecule has 2 rings (SSSR count). The van der Waals surface area contributed by atoms with Crippen molar-refractivity contribution < 1.29 is 14.2 Å². The topological polar surface area (TPSA) is 81.0 Å². The number of ether oxygens (including phenoxy) is 3. The summed E-state index contributed by atoms with van der Waals surface area (Å²) in [6.07, 6.45) is 0. The van der Waals surface area contributed by atoms with E-state index in [-0.39, 0.29) is 0 Å². The lowest BCUT2D eigenvalue weighted by atomic mass is 10.0. The third-order valence-corrected chi connectivity index (χ3v) is 4.17. The molecule has 2 aromatic rings. The van der Waals surface area contributed by atoms with Crippen LogP contribution in [0.3, 0.4) is 0 Å². The lowest BCUT2D eigenvalue weighted by Gasteiger charge is -2.19. The fourth-order valence-corrected chi connectivity index (χ4v) is 2.73. The molecule has 0 amide bonds. The minimum atomic E-state index is 0.529. The predicted molar refractivity (Wildman–Crippen MR) is 110 cm³/mol. The average Bonchev–Trinajstić information content (AvgIpc) is 2.70. The molecule has 7 nitrogen and oxygen atoms in total. The van der Waals surface area contributed by atoms with Crippen molar-refractivity contribution in [3.05, 3.63) is 47.5 Å². The van der Waals surface area contributed by atoms with Crippen molar-refractivity contribution in [1.82, 2.24) is 10.9 Å². The second-order valence-corrected chi connectivity index (χ2v) is 6.02. The Morgan fingerprint density at radius 1 is 0.889 bits per heavy atom. The predicted octanol–water partition coefficient (Wildman–Crippen LogP) is 2.29. The molecule has 7 heteroatoms. The van der Waals surface area contributed by atoms with Crippen LogP contribution in [0.4, 0.5) is 5.69 Å². The monoisotopic (exact) mass is 372 g/mol. The highest BCUT2D eigenvalue weighted by atomic mass is 16.5. The van der Waals surface area contributed by atoms with Crippen molar-refractivity contribution in [1.29, 1.82) is 0 Å². The summed E-state index contributed by atoms with van der Waals surface area (Å²) in [5.74, 6) is 1.64. The Kier molecular flexibility index (Phi) is 6.79. The number of rotatable bonds is 8. The third kappa shape index (κ3) is 4.38. The fourth-order valence-electron chi connectivity index (χ4n) is 2.73. The van der Waals surface area contributed by atoms with Crippen LogP contribution in [0.25, 0.3) is 11.4 Å². The van der Waals surface area contributed by atoms with Crippen LogP contribution in [0, 0.1) is 0 Å². The summed E-state index contributed by atoms with van der Waals surface area (Å²) in [5, 5.41) is 0. The van der Waals surface area contributed by atoms with Crippen molar-refractivity contribution in [2.75, 3.05) is 47.4 Å². The number of hydrogen-bond donors (Lipinski definition) is 3. The molecule has 2 aromatic carbocycles. The average molecular weight is 372 g/mol. The van der Waals surface area contributed by atoms with E-state index in [4.69, 9.17) is 19.9 Å². The lowest BCUT2D eigenvalue weighted by molar-refractivity contribution is 0.324. The molecule has 27 heavy (non-hydrogen) atoms. The second-order valence-electron chi connectivity index (χ2n) is 6.02. The maximum absolute atomic E-state index is 6.49. The zero-order valence-corrected chi connectivity index (χ0v) is 16.7. The van der Waals surface area contributed by atoms with Crippen LogP contribution >= 0.6 is 0 Å². The fraction of sp³-hybridized carbons (Fsp3) is 0.300. The van der Waals surface area contributed by atoms with Crippen molar-refractivity contribution in [3.63, 3.8) is 0 Å². The van der Waals surface area contributed by atoms with Crippen LogP contribution < -0.4 is 35.7 Å². The first-order valence-corrected chi connectivity index (χ1v) is 8.47. The molecule has 0 aliphatic carbocycles. The molecule has 0 saturated carbocycles. The molecule has 0 aliphatic rings. The minimum absolute atomic E-state index is 0.529. The molecule has 0 radical (unpaired) electrons. The van der Waals surface area contributed by atoms with Crippen LogP contribution in [0.1, 0.15) is 11.1 Å². The van der Waals surface area contributed by atoms with E-state index in [1.807, 2.05) is 55.4 Å². The quantitative estimate of drug-likeness (QED) is 0.484. The van der Waals surface area contributed by atoms with E-state index < -0.39 is 0 Å². The lowest BCUT2D eigenvalue weighted by Crippen LogP contribution is -2.28. The van der Waals surface area contributed by atoms with Gasteiger partial charge in [-0.1, -0.05) is 12.1 Å². The van der Waals surface area contributed by atoms with Crippen molar-refractivity contribution in [3.8, 4) is 17.2 Å². The number of anilines is 1. The second kappa shape index (κ2) is 9.05.